The summed E-state index contributed by atoms with van der Waals surface area (Å²) in [5, 5.41) is 29.7. The molecular weight excluding hydrogens is 574 g/mol. The molecule has 5 unspecified atom stereocenters. The first-order valence-electron chi connectivity index (χ1n) is 18.1. The second kappa shape index (κ2) is 18.8. The molecule has 248 valence electrons. The lowest BCUT2D eigenvalue weighted by atomic mass is 9.92. The van der Waals surface area contributed by atoms with E-state index in [0.717, 1.165) is 24.8 Å². The molecule has 0 saturated carbocycles. The summed E-state index contributed by atoms with van der Waals surface area (Å²) < 4.78 is 43.4. The van der Waals surface area contributed by atoms with Crippen LogP contribution in [0.25, 0.3) is 0 Å². The van der Waals surface area contributed by atoms with Crippen molar-refractivity contribution in [3.63, 3.8) is 0 Å². The number of aliphatic hydroxyl groups is 3. The van der Waals surface area contributed by atoms with Gasteiger partial charge in [-0.05, 0) is 49.9 Å². The summed E-state index contributed by atoms with van der Waals surface area (Å²) in [7, 11) is 0. The molecule has 1 amide bonds. The van der Waals surface area contributed by atoms with Crippen molar-refractivity contribution < 1.29 is 44.7 Å². The summed E-state index contributed by atoms with van der Waals surface area (Å²) in [4.78, 5) is 40.3. The van der Waals surface area contributed by atoms with Gasteiger partial charge in [0, 0.05) is 50.3 Å². The van der Waals surface area contributed by atoms with Crippen molar-refractivity contribution in [2.24, 2.45) is 5.92 Å². The van der Waals surface area contributed by atoms with Crippen molar-refractivity contribution in [2.45, 2.75) is 110 Å². The van der Waals surface area contributed by atoms with Crippen LogP contribution in [-0.4, -0.2) is 82.0 Å². The molecule has 2 aromatic carbocycles. The zero-order chi connectivity index (χ0) is 36.2. The highest BCUT2D eigenvalue weighted by molar-refractivity contribution is 5.96. The number of ketones is 2. The number of benzene rings is 2. The van der Waals surface area contributed by atoms with Gasteiger partial charge in [-0.1, -0.05) is 68.9 Å². The lowest BCUT2D eigenvalue weighted by Gasteiger charge is -2.40. The van der Waals surface area contributed by atoms with Gasteiger partial charge in [0.25, 0.3) is 0 Å². The number of Topliss-reactive ketones (excluding diaryl/α,β-unsaturated/α-hetero) is 2. The minimum absolute atomic E-state index is 0.0110. The fraction of sp³-hybridized carbons (Fsp3) is 0.583. The highest BCUT2D eigenvalue weighted by atomic mass is 16.7. The molecule has 9 heteroatoms. The molecule has 5 atom stereocenters. The number of carbonyl (C=O) groups excluding carboxylic acids is 3. The summed E-state index contributed by atoms with van der Waals surface area (Å²) in [6.07, 6.45) is 1.15. The largest absolute Gasteiger partial charge is 0.465 e. The maximum absolute atomic E-state index is 12.9. The maximum Gasteiger partial charge on any atom is 0.222 e. The zero-order valence-electron chi connectivity index (χ0n) is 30.7. The number of unbranched alkanes of at least 4 members (excludes halogenated alkanes) is 4. The lowest BCUT2D eigenvalue weighted by Crippen LogP contribution is -2.56. The van der Waals surface area contributed by atoms with Crippen LogP contribution in [-0.2, 0) is 20.7 Å². The van der Waals surface area contributed by atoms with Gasteiger partial charge < -0.3 is 29.7 Å². The molecule has 1 aliphatic heterocycles. The molecule has 1 fully saturated rings. The van der Waals surface area contributed by atoms with E-state index in [-0.39, 0.29) is 72.0 Å². The normalized spacial score (nSPS) is 22.6. The van der Waals surface area contributed by atoms with Gasteiger partial charge in [0.05, 0.1) is 18.2 Å². The van der Waals surface area contributed by atoms with Gasteiger partial charge in [-0.3, -0.25) is 14.4 Å². The number of hydrogen-bond acceptors (Lipinski definition) is 8. The fourth-order valence-electron chi connectivity index (χ4n) is 5.24. The van der Waals surface area contributed by atoms with E-state index < -0.39 is 37.1 Å². The molecule has 1 aliphatic rings. The van der Waals surface area contributed by atoms with Crippen molar-refractivity contribution in [3.8, 4) is 5.75 Å². The van der Waals surface area contributed by atoms with Crippen LogP contribution in [0, 0.1) is 12.8 Å². The molecule has 3 N–H and O–H groups in total. The van der Waals surface area contributed by atoms with E-state index in [2.05, 4.69) is 0 Å². The number of hydrogen-bond donors (Lipinski definition) is 3. The summed E-state index contributed by atoms with van der Waals surface area (Å²) >= 11 is 0. The van der Waals surface area contributed by atoms with Gasteiger partial charge in [0.15, 0.2) is 5.78 Å². The van der Waals surface area contributed by atoms with Crippen molar-refractivity contribution in [1.29, 1.82) is 0 Å². The average molecular weight is 630 g/mol. The predicted molar refractivity (Wildman–Crippen MR) is 172 cm³/mol. The second-order valence-corrected chi connectivity index (χ2v) is 11.9. The van der Waals surface area contributed by atoms with Crippen molar-refractivity contribution in [1.82, 2.24) is 4.90 Å². The number of ether oxygens (including phenoxy) is 2. The maximum atomic E-state index is 12.9. The number of carbonyl (C=O) groups is 3. The first-order valence-corrected chi connectivity index (χ1v) is 16.1. The Hall–Kier alpha value is -3.11. The van der Waals surface area contributed by atoms with Crippen LogP contribution in [0.1, 0.15) is 98.6 Å². The molecule has 9 nitrogen and oxygen atoms in total. The summed E-state index contributed by atoms with van der Waals surface area (Å²) in [6.45, 7) is 5.57. The number of rotatable bonds is 19. The molecule has 45 heavy (non-hydrogen) atoms. The van der Waals surface area contributed by atoms with E-state index in [0.29, 0.717) is 44.5 Å². The van der Waals surface area contributed by atoms with E-state index in [1.165, 1.54) is 6.92 Å². The first kappa shape index (κ1) is 30.5. The van der Waals surface area contributed by atoms with E-state index in [4.69, 9.17) is 15.0 Å². The molecule has 1 saturated heterocycles. The molecule has 3 rings (SSSR count). The third-order valence-corrected chi connectivity index (χ3v) is 8.13. The Morgan fingerprint density at radius 2 is 1.69 bits per heavy atom. The summed E-state index contributed by atoms with van der Waals surface area (Å²) in [5.74, 6) is -0.458. The van der Waals surface area contributed by atoms with Crippen LogP contribution in [0.3, 0.4) is 0 Å². The van der Waals surface area contributed by atoms with Gasteiger partial charge in [-0.2, -0.15) is 0 Å². The molecule has 0 aliphatic carbocycles. The molecule has 0 spiro atoms. The van der Waals surface area contributed by atoms with Gasteiger partial charge in [-0.25, -0.2) is 0 Å². The van der Waals surface area contributed by atoms with Gasteiger partial charge >= 0.3 is 0 Å². The molecule has 0 aromatic heterocycles. The number of nitrogens with zero attached hydrogens (tertiary/aromatic N) is 1. The van der Waals surface area contributed by atoms with Crippen LogP contribution < -0.4 is 4.74 Å². The third kappa shape index (κ3) is 11.6. The average Bonchev–Trinajstić information content (AvgIpc) is 3.09. The smallest absolute Gasteiger partial charge is 0.222 e. The van der Waals surface area contributed by atoms with Crippen LogP contribution in [0.4, 0.5) is 0 Å². The summed E-state index contributed by atoms with van der Waals surface area (Å²) in [6, 6.07) is 5.85. The Kier molecular flexibility index (Phi) is 12.7. The Labute approximate surface area is 273 Å². The van der Waals surface area contributed by atoms with Crippen LogP contribution >= 0.6 is 0 Å². The lowest BCUT2D eigenvalue weighted by molar-refractivity contribution is -0.256. The highest BCUT2D eigenvalue weighted by Gasteiger charge is 2.43. The SMILES string of the molecule is [2H]c1c([2H])c(C)c([2H])c(C(=O)CCCCCCN(CCC(=O)Cc2ccc(OC3OC(CO)C(O)C(O)C3C)cc2)C(=O)CCCC)c1[2H]. The second-order valence-electron chi connectivity index (χ2n) is 11.9. The van der Waals surface area contributed by atoms with Crippen LogP contribution in [0.5, 0.6) is 5.75 Å². The number of amides is 1. The number of aliphatic hydroxyl groups excluding tert-OH is 3. The van der Waals surface area contributed by atoms with E-state index >= 15 is 0 Å². The van der Waals surface area contributed by atoms with Crippen molar-refractivity contribution in [2.75, 3.05) is 19.7 Å². The molecule has 0 radical (unpaired) electrons. The minimum atomic E-state index is -1.21. The fourth-order valence-corrected chi connectivity index (χ4v) is 5.24. The molecule has 1 heterocycles. The first-order chi connectivity index (χ1) is 23.3. The van der Waals surface area contributed by atoms with Crippen LogP contribution in [0.2, 0.25) is 0 Å². The Morgan fingerprint density at radius 3 is 2.40 bits per heavy atom. The molecule has 0 bridgehead atoms. The van der Waals surface area contributed by atoms with Crippen molar-refractivity contribution in [3.05, 3.63) is 65.1 Å². The van der Waals surface area contributed by atoms with Crippen LogP contribution in [0.15, 0.2) is 48.4 Å². The quantitative estimate of drug-likeness (QED) is 0.149. The van der Waals surface area contributed by atoms with E-state index in [1.807, 2.05) is 6.92 Å². The summed E-state index contributed by atoms with van der Waals surface area (Å²) in [5.41, 5.74) is 0.904. The van der Waals surface area contributed by atoms with E-state index in [9.17, 15) is 29.7 Å². The molecule has 2 aromatic rings. The van der Waals surface area contributed by atoms with Gasteiger partial charge in [0.2, 0.25) is 12.2 Å². The Bertz CT molecular complexity index is 1390. The Morgan fingerprint density at radius 1 is 0.956 bits per heavy atom. The monoisotopic (exact) mass is 629 g/mol. The van der Waals surface area contributed by atoms with Gasteiger partial charge in [-0.15, -0.1) is 0 Å². The van der Waals surface area contributed by atoms with E-state index in [1.54, 1.807) is 36.1 Å². The van der Waals surface area contributed by atoms with Crippen molar-refractivity contribution >= 4 is 17.5 Å². The van der Waals surface area contributed by atoms with Gasteiger partial charge in [0.1, 0.15) is 23.7 Å². The topological polar surface area (TPSA) is 134 Å². The standard InChI is InChI=1S/C36H51NO8/c1-4-5-14-33(41)37(20-9-7-6-8-13-31(40)28-12-10-11-25(2)22-28)21-19-29(39)23-27-15-17-30(18-16-27)44-36-26(3)34(42)35(43)32(24-38)45-36/h10-12,15-18,22,26,32,34-36,38,42-43H,4-9,13-14,19-21,23-24H2,1-3H3/i10D,11D,12D,22D. The minimum Gasteiger partial charge on any atom is -0.465 e. The highest BCUT2D eigenvalue weighted by Crippen LogP contribution is 2.28. The Balaban J connectivity index is 1.45. The zero-order valence-corrected chi connectivity index (χ0v) is 26.7. The third-order valence-electron chi connectivity index (χ3n) is 8.13. The molecular formula is C36H51NO8. The predicted octanol–water partition coefficient (Wildman–Crippen LogP) is 4.80.